The maximum absolute atomic E-state index is 13.3. The molecule has 144 valence electrons. The lowest BCUT2D eigenvalue weighted by atomic mass is 9.93. The van der Waals surface area contributed by atoms with Crippen molar-refractivity contribution in [3.05, 3.63) is 29.3 Å². The van der Waals surface area contributed by atoms with Gasteiger partial charge >= 0.3 is 0 Å². The summed E-state index contributed by atoms with van der Waals surface area (Å²) in [7, 11) is 0. The Morgan fingerprint density at radius 3 is 2.40 bits per heavy atom. The van der Waals surface area contributed by atoms with Gasteiger partial charge in [-0.1, -0.05) is 38.7 Å². The molecule has 0 spiro atoms. The number of hydrogen-bond acceptors (Lipinski definition) is 4. The summed E-state index contributed by atoms with van der Waals surface area (Å²) < 4.78 is 32.1. The van der Waals surface area contributed by atoms with E-state index in [1.54, 1.807) is 12.1 Å². The Labute approximate surface area is 149 Å². The van der Waals surface area contributed by atoms with E-state index in [2.05, 4.69) is 6.92 Å². The van der Waals surface area contributed by atoms with Crippen LogP contribution in [0.1, 0.15) is 63.0 Å². The molecule has 25 heavy (non-hydrogen) atoms. The van der Waals surface area contributed by atoms with Gasteiger partial charge in [-0.05, 0) is 37.0 Å². The van der Waals surface area contributed by atoms with Gasteiger partial charge in [-0.2, -0.15) is 0 Å². The van der Waals surface area contributed by atoms with Crippen molar-refractivity contribution in [3.63, 3.8) is 0 Å². The molecule has 6 heteroatoms. The number of aliphatic hydroxyl groups excluding tert-OH is 2. The van der Waals surface area contributed by atoms with Crippen LogP contribution in [0.4, 0.5) is 8.78 Å². The van der Waals surface area contributed by atoms with Crippen LogP contribution in [0.3, 0.4) is 0 Å². The third-order valence-electron chi connectivity index (χ3n) is 4.36. The summed E-state index contributed by atoms with van der Waals surface area (Å²) in [5.74, 6) is 0.220. The fourth-order valence-corrected chi connectivity index (χ4v) is 2.54. The van der Waals surface area contributed by atoms with Crippen molar-refractivity contribution in [2.24, 2.45) is 5.73 Å². The van der Waals surface area contributed by atoms with Crippen LogP contribution in [0.2, 0.25) is 0 Å². The van der Waals surface area contributed by atoms with Crippen LogP contribution in [-0.2, 0) is 6.42 Å². The Balaban J connectivity index is 2.63. The zero-order valence-electron chi connectivity index (χ0n) is 15.0. The van der Waals surface area contributed by atoms with Crippen molar-refractivity contribution in [2.45, 2.75) is 63.8 Å². The lowest BCUT2D eigenvalue weighted by molar-refractivity contribution is 0.114. The molecule has 0 aliphatic carbocycles. The second-order valence-electron chi connectivity index (χ2n) is 6.61. The number of alkyl halides is 2. The Hall–Kier alpha value is -1.24. The van der Waals surface area contributed by atoms with E-state index in [9.17, 15) is 19.0 Å². The van der Waals surface area contributed by atoms with Crippen molar-refractivity contribution in [3.8, 4) is 5.75 Å². The molecule has 0 saturated carbocycles. The van der Waals surface area contributed by atoms with Gasteiger partial charge in [-0.25, -0.2) is 8.78 Å². The highest BCUT2D eigenvalue weighted by Gasteiger charge is 2.23. The van der Waals surface area contributed by atoms with Gasteiger partial charge in [0.05, 0.1) is 30.9 Å². The summed E-state index contributed by atoms with van der Waals surface area (Å²) in [5, 5.41) is 18.4. The lowest BCUT2D eigenvalue weighted by Crippen LogP contribution is -2.47. The first-order valence-corrected chi connectivity index (χ1v) is 9.00. The molecule has 0 fully saturated rings. The fourth-order valence-electron chi connectivity index (χ4n) is 2.54. The number of rotatable bonds is 13. The van der Waals surface area contributed by atoms with E-state index < -0.39 is 12.0 Å². The fraction of sp³-hybridized carbons (Fsp3) is 0.684. The first-order chi connectivity index (χ1) is 12.0. The number of hydrogen-bond donors (Lipinski definition) is 3. The molecule has 0 aromatic heterocycles. The first-order valence-electron chi connectivity index (χ1n) is 9.00. The third kappa shape index (κ3) is 7.67. The lowest BCUT2D eigenvalue weighted by Gasteiger charge is -2.24. The van der Waals surface area contributed by atoms with Crippen molar-refractivity contribution in [2.75, 3.05) is 19.8 Å². The molecular formula is C19H31F2NO3. The maximum Gasteiger partial charge on any atom is 0.267 e. The van der Waals surface area contributed by atoms with Gasteiger partial charge in [-0.15, -0.1) is 0 Å². The molecule has 0 amide bonds. The summed E-state index contributed by atoms with van der Waals surface area (Å²) >= 11 is 0. The number of aryl methyl sites for hydroxylation is 1. The summed E-state index contributed by atoms with van der Waals surface area (Å²) in [6.07, 6.45) is 3.46. The van der Waals surface area contributed by atoms with Gasteiger partial charge in [-0.3, -0.25) is 0 Å². The van der Waals surface area contributed by atoms with E-state index in [0.717, 1.165) is 25.7 Å². The number of halogens is 2. The van der Waals surface area contributed by atoms with E-state index in [1.165, 1.54) is 12.5 Å². The monoisotopic (exact) mass is 359 g/mol. The van der Waals surface area contributed by atoms with Gasteiger partial charge in [0.15, 0.2) is 0 Å². The average molecular weight is 359 g/mol. The first kappa shape index (κ1) is 21.8. The highest BCUT2D eigenvalue weighted by atomic mass is 19.3. The van der Waals surface area contributed by atoms with Gasteiger partial charge in [0.1, 0.15) is 5.75 Å². The van der Waals surface area contributed by atoms with Crippen LogP contribution < -0.4 is 10.5 Å². The predicted molar refractivity (Wildman–Crippen MR) is 95.1 cm³/mol. The zero-order chi connectivity index (χ0) is 18.7. The van der Waals surface area contributed by atoms with E-state index in [1.807, 2.05) is 0 Å². The molecule has 0 aliphatic rings. The average Bonchev–Trinajstić information content (AvgIpc) is 2.63. The quantitative estimate of drug-likeness (QED) is 0.471. The maximum atomic E-state index is 13.3. The second-order valence-corrected chi connectivity index (χ2v) is 6.61. The van der Waals surface area contributed by atoms with E-state index >= 15 is 0 Å². The molecule has 0 unspecified atom stereocenters. The SMILES string of the molecule is CCCCCCCOc1ccc(CCC(N)(CO)CO)cc1C(F)F. The van der Waals surface area contributed by atoms with Crippen LogP contribution in [0, 0.1) is 0 Å². The molecule has 0 atom stereocenters. The molecule has 0 saturated heterocycles. The van der Waals surface area contributed by atoms with Crippen molar-refractivity contribution in [1.82, 2.24) is 0 Å². The number of benzene rings is 1. The van der Waals surface area contributed by atoms with Crippen LogP contribution in [0.5, 0.6) is 5.75 Å². The van der Waals surface area contributed by atoms with Gasteiger partial charge in [0.2, 0.25) is 0 Å². The minimum Gasteiger partial charge on any atom is -0.493 e. The molecular weight excluding hydrogens is 328 g/mol. The van der Waals surface area contributed by atoms with Crippen molar-refractivity contribution < 1.29 is 23.7 Å². The van der Waals surface area contributed by atoms with Crippen molar-refractivity contribution in [1.29, 1.82) is 0 Å². The Kier molecular flexibility index (Phi) is 9.93. The number of unbranched alkanes of at least 4 members (excludes halogenated alkanes) is 4. The predicted octanol–water partition coefficient (Wildman–Crippen LogP) is 3.59. The van der Waals surface area contributed by atoms with Crippen LogP contribution in [0.25, 0.3) is 0 Å². The summed E-state index contributed by atoms with van der Waals surface area (Å²) in [4.78, 5) is 0. The largest absolute Gasteiger partial charge is 0.493 e. The minimum atomic E-state index is -2.62. The zero-order valence-corrected chi connectivity index (χ0v) is 15.0. The van der Waals surface area contributed by atoms with Crippen LogP contribution >= 0.6 is 0 Å². The van der Waals surface area contributed by atoms with E-state index in [-0.39, 0.29) is 24.5 Å². The number of nitrogens with two attached hydrogens (primary N) is 1. The summed E-state index contributed by atoms with van der Waals surface area (Å²) in [6.45, 7) is 1.86. The molecule has 0 bridgehead atoms. The Bertz CT molecular complexity index is 494. The standard InChI is InChI=1S/C19H31F2NO3/c1-2-3-4-5-6-11-25-17-8-7-15(12-16(17)18(20)21)9-10-19(22,13-23)14-24/h7-8,12,18,23-24H,2-6,9-11,13-14,22H2,1H3. The highest BCUT2D eigenvalue weighted by Crippen LogP contribution is 2.31. The van der Waals surface area contributed by atoms with Gasteiger partial charge < -0.3 is 20.7 Å². The summed E-state index contributed by atoms with van der Waals surface area (Å²) in [6, 6.07) is 4.72. The number of ether oxygens (including phenoxy) is 1. The highest BCUT2D eigenvalue weighted by molar-refractivity contribution is 5.38. The topological polar surface area (TPSA) is 75.7 Å². The van der Waals surface area contributed by atoms with Crippen LogP contribution in [0.15, 0.2) is 18.2 Å². The van der Waals surface area contributed by atoms with E-state index in [0.29, 0.717) is 25.0 Å². The Morgan fingerprint density at radius 1 is 1.12 bits per heavy atom. The molecule has 4 nitrogen and oxygen atoms in total. The molecule has 1 aromatic carbocycles. The van der Waals surface area contributed by atoms with Gasteiger partial charge in [0, 0.05) is 0 Å². The normalized spacial score (nSPS) is 12.0. The molecule has 1 aromatic rings. The molecule has 1 rings (SSSR count). The Morgan fingerprint density at radius 2 is 1.80 bits per heavy atom. The minimum absolute atomic E-state index is 0.123. The molecule has 0 radical (unpaired) electrons. The molecule has 0 aliphatic heterocycles. The smallest absolute Gasteiger partial charge is 0.267 e. The second kappa shape index (κ2) is 11.4. The molecule has 4 N–H and O–H groups in total. The number of aliphatic hydroxyl groups is 2. The van der Waals surface area contributed by atoms with Crippen LogP contribution in [-0.4, -0.2) is 35.6 Å². The molecule has 0 heterocycles. The summed E-state index contributed by atoms with van der Waals surface area (Å²) in [5.41, 5.74) is 5.28. The van der Waals surface area contributed by atoms with E-state index in [4.69, 9.17) is 10.5 Å². The van der Waals surface area contributed by atoms with Crippen molar-refractivity contribution >= 4 is 0 Å². The third-order valence-corrected chi connectivity index (χ3v) is 4.36. The van der Waals surface area contributed by atoms with Gasteiger partial charge in [0.25, 0.3) is 6.43 Å².